The maximum Gasteiger partial charge on any atom is 0.147 e. The zero-order valence-electron chi connectivity index (χ0n) is 12.4. The van der Waals surface area contributed by atoms with Crippen LogP contribution in [0.3, 0.4) is 0 Å². The van der Waals surface area contributed by atoms with Gasteiger partial charge in [-0.3, -0.25) is 0 Å². The molecule has 0 aliphatic heterocycles. The van der Waals surface area contributed by atoms with Gasteiger partial charge >= 0.3 is 0 Å². The molecule has 0 atom stereocenters. The van der Waals surface area contributed by atoms with Gasteiger partial charge in [0.1, 0.15) is 17.1 Å². The fourth-order valence-corrected chi connectivity index (χ4v) is 2.57. The van der Waals surface area contributed by atoms with Crippen molar-refractivity contribution in [1.29, 1.82) is 0 Å². The van der Waals surface area contributed by atoms with Gasteiger partial charge in [-0.1, -0.05) is 32.8 Å². The standard InChI is InChI=1S/C16H23ClN2O/c1-3-5-6-10-19-13-8-7-9-14(20-11-4-2)16(13)18-15(19)12-17/h7-9H,3-6,10-12H2,1-2H3. The highest BCUT2D eigenvalue weighted by Crippen LogP contribution is 2.27. The third kappa shape index (κ3) is 3.26. The van der Waals surface area contributed by atoms with Crippen LogP contribution in [0, 0.1) is 0 Å². The molecule has 110 valence electrons. The highest BCUT2D eigenvalue weighted by Gasteiger charge is 2.13. The number of fused-ring (bicyclic) bond motifs is 1. The molecule has 2 rings (SSSR count). The highest BCUT2D eigenvalue weighted by molar-refractivity contribution is 6.16. The third-order valence-electron chi connectivity index (χ3n) is 3.39. The van der Waals surface area contributed by atoms with Crippen molar-refractivity contribution in [3.63, 3.8) is 0 Å². The van der Waals surface area contributed by atoms with Crippen LogP contribution in [0.15, 0.2) is 18.2 Å². The smallest absolute Gasteiger partial charge is 0.147 e. The first-order chi connectivity index (χ1) is 9.81. The molecule has 1 aromatic heterocycles. The number of nitrogens with zero attached hydrogens (tertiary/aromatic N) is 2. The van der Waals surface area contributed by atoms with E-state index in [4.69, 9.17) is 16.3 Å². The minimum absolute atomic E-state index is 0.439. The summed E-state index contributed by atoms with van der Waals surface area (Å²) >= 11 is 6.05. The molecule has 0 aliphatic carbocycles. The third-order valence-corrected chi connectivity index (χ3v) is 3.63. The van der Waals surface area contributed by atoms with E-state index < -0.39 is 0 Å². The van der Waals surface area contributed by atoms with Crippen LogP contribution in [-0.4, -0.2) is 16.2 Å². The molecule has 0 bridgehead atoms. The van der Waals surface area contributed by atoms with Gasteiger partial charge in [-0.25, -0.2) is 4.98 Å². The first-order valence-electron chi connectivity index (χ1n) is 7.48. The summed E-state index contributed by atoms with van der Waals surface area (Å²) in [6.07, 6.45) is 4.60. The van der Waals surface area contributed by atoms with Crippen LogP contribution in [0.25, 0.3) is 11.0 Å². The van der Waals surface area contributed by atoms with E-state index in [1.54, 1.807) is 0 Å². The van der Waals surface area contributed by atoms with E-state index in [-0.39, 0.29) is 0 Å². The molecule has 0 unspecified atom stereocenters. The lowest BCUT2D eigenvalue weighted by Gasteiger charge is -2.08. The number of unbranched alkanes of at least 4 members (excludes halogenated alkanes) is 2. The van der Waals surface area contributed by atoms with E-state index >= 15 is 0 Å². The van der Waals surface area contributed by atoms with E-state index in [9.17, 15) is 0 Å². The van der Waals surface area contributed by atoms with Crippen molar-refractivity contribution < 1.29 is 4.74 Å². The molecule has 0 spiro atoms. The second-order valence-corrected chi connectivity index (χ2v) is 5.26. The minimum Gasteiger partial charge on any atom is -0.491 e. The Kier molecular flexibility index (Phi) is 5.72. The number of halogens is 1. The number of aromatic nitrogens is 2. The predicted molar refractivity (Wildman–Crippen MR) is 84.6 cm³/mol. The quantitative estimate of drug-likeness (QED) is 0.519. The Morgan fingerprint density at radius 2 is 2.05 bits per heavy atom. The van der Waals surface area contributed by atoms with Crippen molar-refractivity contribution >= 4 is 22.6 Å². The summed E-state index contributed by atoms with van der Waals surface area (Å²) in [6.45, 7) is 6.01. The normalized spacial score (nSPS) is 11.2. The fraction of sp³-hybridized carbons (Fsp3) is 0.562. The van der Waals surface area contributed by atoms with Crippen LogP contribution in [0.5, 0.6) is 5.75 Å². The number of para-hydroxylation sites is 1. The molecule has 0 fully saturated rings. The first kappa shape index (κ1) is 15.2. The average molecular weight is 295 g/mol. The Balaban J connectivity index is 2.35. The number of ether oxygens (including phenoxy) is 1. The molecule has 0 saturated carbocycles. The van der Waals surface area contributed by atoms with Gasteiger partial charge in [0.25, 0.3) is 0 Å². The van der Waals surface area contributed by atoms with Gasteiger partial charge in [-0.15, -0.1) is 11.6 Å². The minimum atomic E-state index is 0.439. The number of hydrogen-bond acceptors (Lipinski definition) is 2. The number of aryl methyl sites for hydroxylation is 1. The van der Waals surface area contributed by atoms with Gasteiger partial charge in [-0.05, 0) is 25.0 Å². The number of rotatable bonds is 8. The van der Waals surface area contributed by atoms with Crippen molar-refractivity contribution in [3.8, 4) is 5.75 Å². The molecular weight excluding hydrogens is 272 g/mol. The second-order valence-electron chi connectivity index (χ2n) is 4.99. The highest BCUT2D eigenvalue weighted by atomic mass is 35.5. The van der Waals surface area contributed by atoms with Crippen molar-refractivity contribution in [2.75, 3.05) is 6.61 Å². The van der Waals surface area contributed by atoms with Gasteiger partial charge in [0.05, 0.1) is 18.0 Å². The summed E-state index contributed by atoms with van der Waals surface area (Å²) < 4.78 is 8.02. The van der Waals surface area contributed by atoms with Gasteiger partial charge in [0.2, 0.25) is 0 Å². The molecule has 0 amide bonds. The number of imidazole rings is 1. The van der Waals surface area contributed by atoms with Crippen LogP contribution in [0.2, 0.25) is 0 Å². The van der Waals surface area contributed by atoms with Gasteiger partial charge in [0, 0.05) is 6.54 Å². The molecule has 2 aromatic rings. The predicted octanol–water partition coefficient (Wildman–Crippen LogP) is 4.75. The fourth-order valence-electron chi connectivity index (χ4n) is 2.37. The summed E-state index contributed by atoms with van der Waals surface area (Å²) in [5, 5.41) is 0. The Hall–Kier alpha value is -1.22. The maximum absolute atomic E-state index is 6.05. The van der Waals surface area contributed by atoms with E-state index in [0.717, 1.165) is 48.6 Å². The zero-order chi connectivity index (χ0) is 14.4. The number of hydrogen-bond donors (Lipinski definition) is 0. The Bertz CT molecular complexity index is 551. The molecule has 1 aromatic carbocycles. The van der Waals surface area contributed by atoms with Gasteiger partial charge < -0.3 is 9.30 Å². The molecule has 4 heteroatoms. The zero-order valence-corrected chi connectivity index (χ0v) is 13.1. The topological polar surface area (TPSA) is 27.1 Å². The molecule has 20 heavy (non-hydrogen) atoms. The van der Waals surface area contributed by atoms with Crippen LogP contribution in [-0.2, 0) is 12.4 Å². The number of alkyl halides is 1. The van der Waals surface area contributed by atoms with Crippen LogP contribution < -0.4 is 4.74 Å². The lowest BCUT2D eigenvalue weighted by Crippen LogP contribution is -2.02. The van der Waals surface area contributed by atoms with E-state index in [0.29, 0.717) is 5.88 Å². The van der Waals surface area contributed by atoms with Gasteiger partial charge in [0.15, 0.2) is 0 Å². The lowest BCUT2D eigenvalue weighted by atomic mass is 10.2. The summed E-state index contributed by atoms with van der Waals surface area (Å²) in [6, 6.07) is 6.12. The Labute approximate surface area is 125 Å². The molecular formula is C16H23ClN2O. The summed E-state index contributed by atoms with van der Waals surface area (Å²) in [4.78, 5) is 4.67. The largest absolute Gasteiger partial charge is 0.491 e. The van der Waals surface area contributed by atoms with Crippen LogP contribution >= 0.6 is 11.6 Å². The molecule has 0 radical (unpaired) electrons. The molecule has 1 heterocycles. The van der Waals surface area contributed by atoms with E-state index in [1.165, 1.54) is 12.8 Å². The van der Waals surface area contributed by atoms with Gasteiger partial charge in [-0.2, -0.15) is 0 Å². The van der Waals surface area contributed by atoms with Crippen molar-refractivity contribution in [2.45, 2.75) is 52.0 Å². The Morgan fingerprint density at radius 3 is 2.75 bits per heavy atom. The summed E-state index contributed by atoms with van der Waals surface area (Å²) in [7, 11) is 0. The monoisotopic (exact) mass is 294 g/mol. The number of benzene rings is 1. The summed E-state index contributed by atoms with van der Waals surface area (Å²) in [5.41, 5.74) is 2.07. The Morgan fingerprint density at radius 1 is 1.20 bits per heavy atom. The second kappa shape index (κ2) is 7.53. The molecule has 0 N–H and O–H groups in total. The van der Waals surface area contributed by atoms with Crippen molar-refractivity contribution in [3.05, 3.63) is 24.0 Å². The first-order valence-corrected chi connectivity index (χ1v) is 8.02. The van der Waals surface area contributed by atoms with E-state index in [1.807, 2.05) is 12.1 Å². The van der Waals surface area contributed by atoms with Crippen molar-refractivity contribution in [2.24, 2.45) is 0 Å². The van der Waals surface area contributed by atoms with Crippen LogP contribution in [0.4, 0.5) is 0 Å². The molecule has 3 nitrogen and oxygen atoms in total. The lowest BCUT2D eigenvalue weighted by molar-refractivity contribution is 0.320. The van der Waals surface area contributed by atoms with Crippen LogP contribution in [0.1, 0.15) is 45.4 Å². The van der Waals surface area contributed by atoms with Crippen molar-refractivity contribution in [1.82, 2.24) is 9.55 Å². The maximum atomic E-state index is 6.05. The molecule has 0 aliphatic rings. The average Bonchev–Trinajstić information content (AvgIpc) is 2.84. The molecule has 0 saturated heterocycles. The van der Waals surface area contributed by atoms with E-state index in [2.05, 4.69) is 29.5 Å². The summed E-state index contributed by atoms with van der Waals surface area (Å²) in [5.74, 6) is 2.24. The SMILES string of the molecule is CCCCCn1c(CCl)nc2c(OCCC)cccc21.